The van der Waals surface area contributed by atoms with Crippen molar-refractivity contribution in [2.75, 3.05) is 34.8 Å². The second-order valence-electron chi connectivity index (χ2n) is 7.99. The molecular weight excluding hydrogens is 511 g/mol. The minimum atomic E-state index is -4.75. The lowest BCUT2D eigenvalue weighted by Crippen LogP contribution is -2.27. The van der Waals surface area contributed by atoms with Crippen LogP contribution in [0.1, 0.15) is 34.8 Å². The molecule has 1 amide bonds. The number of nitrogens with one attached hydrogen (secondary N) is 3. The van der Waals surface area contributed by atoms with Gasteiger partial charge in [0.05, 0.1) is 6.26 Å². The Morgan fingerprint density at radius 3 is 2.57 bits per heavy atom. The van der Waals surface area contributed by atoms with Gasteiger partial charge in [0.25, 0.3) is 5.91 Å². The van der Waals surface area contributed by atoms with Crippen molar-refractivity contribution in [3.05, 3.63) is 65.5 Å². The molecule has 10 nitrogen and oxygen atoms in total. The minimum Gasteiger partial charge on any atom is -0.365 e. The van der Waals surface area contributed by atoms with Crippen LogP contribution in [-0.4, -0.2) is 49.1 Å². The molecule has 0 unspecified atom stereocenters. The van der Waals surface area contributed by atoms with Gasteiger partial charge in [-0.25, -0.2) is 18.4 Å². The molecule has 0 aliphatic rings. The number of amides is 1. The number of halogens is 3. The Bertz CT molecular complexity index is 1370. The van der Waals surface area contributed by atoms with Gasteiger partial charge < -0.3 is 16.0 Å². The van der Waals surface area contributed by atoms with E-state index in [1.807, 2.05) is 6.92 Å². The molecule has 0 fully saturated rings. The quantitative estimate of drug-likeness (QED) is 0.356. The van der Waals surface area contributed by atoms with Crippen molar-refractivity contribution in [2.24, 2.45) is 0 Å². The van der Waals surface area contributed by atoms with Crippen molar-refractivity contribution in [3.8, 4) is 0 Å². The molecule has 198 valence electrons. The van der Waals surface area contributed by atoms with Crippen molar-refractivity contribution in [2.45, 2.75) is 26.1 Å². The first-order valence-electron chi connectivity index (χ1n) is 11.1. The highest BCUT2D eigenvalue weighted by molar-refractivity contribution is 7.92. The van der Waals surface area contributed by atoms with E-state index in [0.29, 0.717) is 29.6 Å². The third kappa shape index (κ3) is 7.29. The molecule has 0 saturated heterocycles. The van der Waals surface area contributed by atoms with Crippen LogP contribution in [0.25, 0.3) is 0 Å². The van der Waals surface area contributed by atoms with E-state index in [2.05, 4.69) is 30.9 Å². The average Bonchev–Trinajstić information content (AvgIpc) is 2.84. The van der Waals surface area contributed by atoms with Gasteiger partial charge in [-0.3, -0.25) is 9.10 Å². The molecule has 0 spiro atoms. The predicted octanol–water partition coefficient (Wildman–Crippen LogP) is 3.78. The highest BCUT2D eigenvalue weighted by Crippen LogP contribution is 2.34. The Balaban J connectivity index is 1.88. The second-order valence-corrected chi connectivity index (χ2v) is 10.00. The molecule has 3 aromatic rings. The molecule has 2 heterocycles. The van der Waals surface area contributed by atoms with Crippen LogP contribution in [0.15, 0.2) is 48.8 Å². The Kier molecular flexibility index (Phi) is 8.53. The fourth-order valence-corrected chi connectivity index (χ4v) is 3.66. The van der Waals surface area contributed by atoms with Gasteiger partial charge >= 0.3 is 6.18 Å². The lowest BCUT2D eigenvalue weighted by atomic mass is 10.2. The van der Waals surface area contributed by atoms with E-state index in [1.165, 1.54) is 25.4 Å². The third-order valence-electron chi connectivity index (χ3n) is 5.12. The number of carbonyl (C=O) groups excluding carboxylic acids is 1. The molecule has 0 saturated carbocycles. The van der Waals surface area contributed by atoms with Crippen molar-refractivity contribution in [3.63, 3.8) is 0 Å². The number of pyridine rings is 1. The summed E-state index contributed by atoms with van der Waals surface area (Å²) in [5, 5.41) is 8.19. The smallest absolute Gasteiger partial charge is 0.365 e. The highest BCUT2D eigenvalue weighted by Gasteiger charge is 2.35. The van der Waals surface area contributed by atoms with Crippen LogP contribution < -0.4 is 20.3 Å². The number of nitrogens with zero attached hydrogens (tertiary/aromatic N) is 4. The topological polar surface area (TPSA) is 129 Å². The second kappa shape index (κ2) is 11.4. The monoisotopic (exact) mass is 537 g/mol. The van der Waals surface area contributed by atoms with Gasteiger partial charge in [0.15, 0.2) is 0 Å². The highest BCUT2D eigenvalue weighted by atomic mass is 32.2. The van der Waals surface area contributed by atoms with Crippen LogP contribution in [-0.2, 0) is 22.7 Å². The Morgan fingerprint density at radius 2 is 1.89 bits per heavy atom. The zero-order chi connectivity index (χ0) is 27.2. The largest absolute Gasteiger partial charge is 0.421 e. The van der Waals surface area contributed by atoms with Gasteiger partial charge in [0, 0.05) is 49.3 Å². The number of sulfonamides is 1. The lowest BCUT2D eigenvalue weighted by Gasteiger charge is -2.20. The van der Waals surface area contributed by atoms with E-state index in [-0.39, 0.29) is 24.2 Å². The van der Waals surface area contributed by atoms with E-state index in [1.54, 1.807) is 24.3 Å². The summed E-state index contributed by atoms with van der Waals surface area (Å²) in [4.78, 5) is 24.0. The van der Waals surface area contributed by atoms with Gasteiger partial charge in [-0.05, 0) is 30.7 Å². The molecule has 3 N–H and O–H groups in total. The molecule has 37 heavy (non-hydrogen) atoms. The van der Waals surface area contributed by atoms with E-state index in [4.69, 9.17) is 0 Å². The maximum atomic E-state index is 13.7. The van der Waals surface area contributed by atoms with Crippen molar-refractivity contribution < 1.29 is 26.4 Å². The Morgan fingerprint density at radius 1 is 1.14 bits per heavy atom. The number of rotatable bonds is 10. The minimum absolute atomic E-state index is 0.0663. The van der Waals surface area contributed by atoms with Gasteiger partial charge in [-0.15, -0.1) is 0 Å². The molecule has 0 atom stereocenters. The van der Waals surface area contributed by atoms with Crippen molar-refractivity contribution in [1.82, 2.24) is 20.3 Å². The molecular formula is C23H26F3N7O3S. The standard InChI is InChI=1S/C23H26F3N7O3S/c1-4-10-28-21(34)15-7-5-9-17(12-15)31-22-30-14-18(23(24,25)26)19(32-22)29-13-16-8-6-11-27-20(16)33(2)37(3,35)36/h5-9,11-12,14H,4,10,13H2,1-3H3,(H,28,34)(H2,29,30,31,32). The molecule has 0 radical (unpaired) electrons. The normalized spacial score (nSPS) is 11.6. The van der Waals surface area contributed by atoms with Crippen LogP contribution in [0.3, 0.4) is 0 Å². The first kappa shape index (κ1) is 27.6. The summed E-state index contributed by atoms with van der Waals surface area (Å²) in [5.74, 6) is -0.871. The van der Waals surface area contributed by atoms with Crippen LogP contribution >= 0.6 is 0 Å². The summed E-state index contributed by atoms with van der Waals surface area (Å²) in [7, 11) is -2.35. The fraction of sp³-hybridized carbons (Fsp3) is 0.304. The van der Waals surface area contributed by atoms with E-state index in [0.717, 1.165) is 17.0 Å². The molecule has 0 bridgehead atoms. The number of carbonyl (C=O) groups is 1. The van der Waals surface area contributed by atoms with Gasteiger partial charge in [0.1, 0.15) is 17.2 Å². The van der Waals surface area contributed by atoms with Crippen LogP contribution in [0.4, 0.5) is 36.4 Å². The maximum absolute atomic E-state index is 13.7. The Hall–Kier alpha value is -3.94. The van der Waals surface area contributed by atoms with Gasteiger partial charge in [0.2, 0.25) is 16.0 Å². The summed E-state index contributed by atoms with van der Waals surface area (Å²) >= 11 is 0. The fourth-order valence-electron chi connectivity index (χ4n) is 3.18. The maximum Gasteiger partial charge on any atom is 0.421 e. The van der Waals surface area contributed by atoms with Crippen molar-refractivity contribution in [1.29, 1.82) is 0 Å². The summed E-state index contributed by atoms with van der Waals surface area (Å²) in [6, 6.07) is 9.46. The number of hydrogen-bond donors (Lipinski definition) is 3. The molecule has 0 aliphatic heterocycles. The third-order valence-corrected chi connectivity index (χ3v) is 6.29. The number of alkyl halides is 3. The SMILES string of the molecule is CCCNC(=O)c1cccc(Nc2ncc(C(F)(F)F)c(NCc3cccnc3N(C)S(C)(=O)=O)n2)c1. The van der Waals surface area contributed by atoms with Crippen LogP contribution in [0, 0.1) is 0 Å². The lowest BCUT2D eigenvalue weighted by molar-refractivity contribution is -0.137. The zero-order valence-corrected chi connectivity index (χ0v) is 21.1. The zero-order valence-electron chi connectivity index (χ0n) is 20.3. The first-order valence-corrected chi connectivity index (χ1v) is 13.0. The van der Waals surface area contributed by atoms with Crippen LogP contribution in [0.2, 0.25) is 0 Å². The number of aromatic nitrogens is 3. The molecule has 1 aromatic carbocycles. The Labute approximate surface area is 212 Å². The summed E-state index contributed by atoms with van der Waals surface area (Å²) in [6.07, 6.45) is -0.970. The molecule has 2 aromatic heterocycles. The van der Waals surface area contributed by atoms with Crippen LogP contribution in [0.5, 0.6) is 0 Å². The van der Waals surface area contributed by atoms with Gasteiger partial charge in [-0.1, -0.05) is 19.1 Å². The summed E-state index contributed by atoms with van der Waals surface area (Å²) in [6.45, 7) is 2.23. The summed E-state index contributed by atoms with van der Waals surface area (Å²) < 4.78 is 65.8. The molecule has 14 heteroatoms. The van der Waals surface area contributed by atoms with E-state index in [9.17, 15) is 26.4 Å². The average molecular weight is 538 g/mol. The van der Waals surface area contributed by atoms with E-state index < -0.39 is 27.6 Å². The molecule has 3 rings (SSSR count). The van der Waals surface area contributed by atoms with Crippen molar-refractivity contribution >= 4 is 39.2 Å². The number of hydrogen-bond acceptors (Lipinski definition) is 8. The number of anilines is 4. The summed E-state index contributed by atoms with van der Waals surface area (Å²) in [5.41, 5.74) is -0.00268. The number of benzene rings is 1. The molecule has 0 aliphatic carbocycles. The predicted molar refractivity (Wildman–Crippen MR) is 134 cm³/mol. The first-order chi connectivity index (χ1) is 17.4. The van der Waals surface area contributed by atoms with E-state index >= 15 is 0 Å². The van der Waals surface area contributed by atoms with Gasteiger partial charge in [-0.2, -0.15) is 18.2 Å².